The predicted octanol–water partition coefficient (Wildman–Crippen LogP) is 0.484. The summed E-state index contributed by atoms with van der Waals surface area (Å²) < 4.78 is 9.65. The lowest BCUT2D eigenvalue weighted by molar-refractivity contribution is -0.152. The molecule has 1 N–H and O–H groups in total. The second-order valence-corrected chi connectivity index (χ2v) is 3.90. The van der Waals surface area contributed by atoms with Crippen molar-refractivity contribution >= 4 is 48.5 Å². The Morgan fingerprint density at radius 1 is 1.27 bits per heavy atom. The molecule has 15 heavy (non-hydrogen) atoms. The van der Waals surface area contributed by atoms with Crippen molar-refractivity contribution < 1.29 is 19.4 Å². The van der Waals surface area contributed by atoms with E-state index in [1.807, 2.05) is 0 Å². The minimum absolute atomic E-state index is 0.0332. The van der Waals surface area contributed by atoms with Gasteiger partial charge in [-0.3, -0.25) is 0 Å². The molecule has 0 heterocycles. The molecule has 0 aliphatic heterocycles. The first-order chi connectivity index (χ1) is 7.11. The number of hydrogen-bond acceptors (Lipinski definition) is 7. The Bertz CT molecular complexity index is 210. The highest BCUT2D eigenvalue weighted by Gasteiger charge is 2.18. The molecule has 0 bridgehead atoms. The number of carbonyl (C=O) groups is 1. The summed E-state index contributed by atoms with van der Waals surface area (Å²) in [6.07, 6.45) is -1.30. The average Bonchev–Trinajstić information content (AvgIpc) is 2.22. The molecule has 88 valence electrons. The molecule has 0 saturated carbocycles. The number of thiocarbonyl (C=S) groups is 1. The van der Waals surface area contributed by atoms with Crippen LogP contribution in [-0.2, 0) is 14.3 Å². The molecule has 1 atom stereocenters. The van der Waals surface area contributed by atoms with E-state index >= 15 is 0 Å². The standard InChI is InChI=1S/C8H14O4S3/c9-6(8(10)12-2-4-14)5-7(15)11-1-3-13/h6,9,13-14H,1-5H2. The van der Waals surface area contributed by atoms with Gasteiger partial charge in [0.2, 0.25) is 0 Å². The zero-order valence-electron chi connectivity index (χ0n) is 8.09. The van der Waals surface area contributed by atoms with Gasteiger partial charge in [-0.05, 0) is 12.2 Å². The third-order valence-electron chi connectivity index (χ3n) is 1.32. The van der Waals surface area contributed by atoms with E-state index in [0.717, 1.165) is 0 Å². The number of thiol groups is 2. The minimum Gasteiger partial charge on any atom is -0.486 e. The van der Waals surface area contributed by atoms with Crippen molar-refractivity contribution in [2.45, 2.75) is 12.5 Å². The summed E-state index contributed by atoms with van der Waals surface area (Å²) in [4.78, 5) is 11.1. The molecule has 0 fully saturated rings. The number of rotatable bonds is 7. The van der Waals surface area contributed by atoms with Crippen molar-refractivity contribution in [3.05, 3.63) is 0 Å². The Balaban J connectivity index is 3.75. The number of hydrogen-bond donors (Lipinski definition) is 3. The van der Waals surface area contributed by atoms with Crippen LogP contribution < -0.4 is 0 Å². The summed E-state index contributed by atoms with van der Waals surface area (Å²) in [6, 6.07) is 0. The van der Waals surface area contributed by atoms with Crippen LogP contribution in [0.15, 0.2) is 0 Å². The summed E-state index contributed by atoms with van der Waals surface area (Å²) in [6.45, 7) is 0.531. The van der Waals surface area contributed by atoms with Gasteiger partial charge in [-0.2, -0.15) is 25.3 Å². The average molecular weight is 270 g/mol. The second kappa shape index (κ2) is 9.26. The summed E-state index contributed by atoms with van der Waals surface area (Å²) in [5, 5.41) is 9.51. The van der Waals surface area contributed by atoms with Gasteiger partial charge in [-0.15, -0.1) is 0 Å². The number of aliphatic hydroxyl groups is 1. The summed E-state index contributed by atoms with van der Waals surface area (Å²) in [7, 11) is 0. The fourth-order valence-corrected chi connectivity index (χ4v) is 1.13. The van der Waals surface area contributed by atoms with E-state index < -0.39 is 12.1 Å². The first kappa shape index (κ1) is 15.0. The Kier molecular flexibility index (Phi) is 9.27. The highest BCUT2D eigenvalue weighted by Crippen LogP contribution is 2.00. The molecule has 0 spiro atoms. The monoisotopic (exact) mass is 270 g/mol. The van der Waals surface area contributed by atoms with Crippen molar-refractivity contribution in [1.29, 1.82) is 0 Å². The van der Waals surface area contributed by atoms with Crippen LogP contribution in [0.25, 0.3) is 0 Å². The van der Waals surface area contributed by atoms with Gasteiger partial charge in [0.15, 0.2) is 11.2 Å². The maximum absolute atomic E-state index is 11.1. The highest BCUT2D eigenvalue weighted by atomic mass is 32.1. The van der Waals surface area contributed by atoms with Gasteiger partial charge in [0.25, 0.3) is 0 Å². The summed E-state index contributed by atoms with van der Waals surface area (Å²) in [5.74, 6) is 0.236. The Morgan fingerprint density at radius 3 is 2.33 bits per heavy atom. The molecule has 1 unspecified atom stereocenters. The van der Waals surface area contributed by atoms with Gasteiger partial charge >= 0.3 is 5.97 Å². The van der Waals surface area contributed by atoms with Gasteiger partial charge < -0.3 is 14.6 Å². The van der Waals surface area contributed by atoms with Crippen molar-refractivity contribution in [3.63, 3.8) is 0 Å². The summed E-state index contributed by atoms with van der Waals surface area (Å²) >= 11 is 12.6. The molecule has 0 rings (SSSR count). The van der Waals surface area contributed by atoms with Gasteiger partial charge in [0, 0.05) is 11.5 Å². The molecule has 0 radical (unpaired) electrons. The zero-order valence-corrected chi connectivity index (χ0v) is 10.7. The maximum Gasteiger partial charge on any atom is 0.335 e. The van der Waals surface area contributed by atoms with Gasteiger partial charge in [0.1, 0.15) is 6.61 Å². The number of ether oxygens (including phenoxy) is 2. The molecule has 0 aromatic rings. The van der Waals surface area contributed by atoms with E-state index in [1.54, 1.807) is 0 Å². The quantitative estimate of drug-likeness (QED) is 0.357. The lowest BCUT2D eigenvalue weighted by Crippen LogP contribution is -2.27. The Hall–Kier alpha value is 0.0200. The lowest BCUT2D eigenvalue weighted by atomic mass is 10.3. The molecule has 0 aliphatic carbocycles. The van der Waals surface area contributed by atoms with Crippen LogP contribution in [0.5, 0.6) is 0 Å². The topological polar surface area (TPSA) is 55.8 Å². The van der Waals surface area contributed by atoms with Crippen molar-refractivity contribution in [2.75, 3.05) is 24.7 Å². The third kappa shape index (κ3) is 7.89. The van der Waals surface area contributed by atoms with E-state index in [-0.39, 0.29) is 18.1 Å². The normalized spacial score (nSPS) is 11.9. The molecule has 0 aromatic heterocycles. The van der Waals surface area contributed by atoms with Crippen LogP contribution in [0.1, 0.15) is 6.42 Å². The molecular weight excluding hydrogens is 256 g/mol. The van der Waals surface area contributed by atoms with E-state index in [9.17, 15) is 9.90 Å². The first-order valence-corrected chi connectivity index (χ1v) is 6.01. The highest BCUT2D eigenvalue weighted by molar-refractivity contribution is 7.80. The first-order valence-electron chi connectivity index (χ1n) is 4.33. The molecule has 0 aliphatic rings. The largest absolute Gasteiger partial charge is 0.486 e. The molecule has 0 saturated heterocycles. The lowest BCUT2D eigenvalue weighted by Gasteiger charge is -2.11. The Morgan fingerprint density at radius 2 is 1.80 bits per heavy atom. The molecule has 7 heteroatoms. The minimum atomic E-state index is -1.27. The predicted molar refractivity (Wildman–Crippen MR) is 67.8 cm³/mol. The molecular formula is C8H14O4S3. The SMILES string of the molecule is O=C(OCCS)C(O)CC(=S)OCCS. The van der Waals surface area contributed by atoms with Crippen LogP contribution in [0, 0.1) is 0 Å². The van der Waals surface area contributed by atoms with Gasteiger partial charge in [0.05, 0.1) is 13.0 Å². The van der Waals surface area contributed by atoms with E-state index in [0.29, 0.717) is 18.1 Å². The summed E-state index contributed by atoms with van der Waals surface area (Å²) in [5.41, 5.74) is 0. The molecule has 4 nitrogen and oxygen atoms in total. The maximum atomic E-state index is 11.1. The number of carbonyl (C=O) groups excluding carboxylic acids is 1. The van der Waals surface area contributed by atoms with Crippen LogP contribution in [0.2, 0.25) is 0 Å². The Labute approximate surface area is 105 Å². The molecule has 0 amide bonds. The van der Waals surface area contributed by atoms with Crippen LogP contribution >= 0.6 is 37.5 Å². The van der Waals surface area contributed by atoms with E-state index in [2.05, 4.69) is 30.0 Å². The van der Waals surface area contributed by atoms with Crippen LogP contribution in [0.3, 0.4) is 0 Å². The van der Waals surface area contributed by atoms with Crippen molar-refractivity contribution in [3.8, 4) is 0 Å². The van der Waals surface area contributed by atoms with Crippen molar-refractivity contribution in [1.82, 2.24) is 0 Å². The number of aliphatic hydroxyl groups excluding tert-OH is 1. The fourth-order valence-electron chi connectivity index (χ4n) is 0.702. The number of esters is 1. The fraction of sp³-hybridized carbons (Fsp3) is 0.750. The van der Waals surface area contributed by atoms with Crippen molar-refractivity contribution in [2.24, 2.45) is 0 Å². The van der Waals surface area contributed by atoms with E-state index in [4.69, 9.17) is 17.0 Å². The third-order valence-corrected chi connectivity index (χ3v) is 1.97. The van der Waals surface area contributed by atoms with Crippen LogP contribution in [0.4, 0.5) is 0 Å². The van der Waals surface area contributed by atoms with Crippen LogP contribution in [-0.4, -0.2) is 46.9 Å². The smallest absolute Gasteiger partial charge is 0.335 e. The second-order valence-electron chi connectivity index (χ2n) is 2.56. The molecule has 0 aromatic carbocycles. The van der Waals surface area contributed by atoms with Gasteiger partial charge in [-0.1, -0.05) is 0 Å². The van der Waals surface area contributed by atoms with E-state index in [1.165, 1.54) is 0 Å². The van der Waals surface area contributed by atoms with Gasteiger partial charge in [-0.25, -0.2) is 4.79 Å². The zero-order chi connectivity index (χ0) is 11.7.